The van der Waals surface area contributed by atoms with Crippen LogP contribution in [0.2, 0.25) is 0 Å². The molecule has 0 bridgehead atoms. The summed E-state index contributed by atoms with van der Waals surface area (Å²) in [6.45, 7) is 5.41. The summed E-state index contributed by atoms with van der Waals surface area (Å²) in [6, 6.07) is 7.33. The highest BCUT2D eigenvalue weighted by molar-refractivity contribution is 5.92. The van der Waals surface area contributed by atoms with Crippen molar-refractivity contribution in [2.45, 2.75) is 20.3 Å². The Morgan fingerprint density at radius 1 is 1.20 bits per heavy atom. The number of hydrogen-bond donors (Lipinski definition) is 3. The van der Waals surface area contributed by atoms with E-state index >= 15 is 0 Å². The Bertz CT molecular complexity index is 443. The molecule has 5 nitrogen and oxygen atoms in total. The average Bonchev–Trinajstić information content (AvgIpc) is 2.46. The van der Waals surface area contributed by atoms with Crippen molar-refractivity contribution in [2.75, 3.05) is 25.5 Å². The lowest BCUT2D eigenvalue weighted by Gasteiger charge is -2.12. The molecule has 0 radical (unpaired) electrons. The molecule has 0 aliphatic rings. The van der Waals surface area contributed by atoms with Crippen LogP contribution in [0.4, 0.5) is 5.69 Å². The summed E-state index contributed by atoms with van der Waals surface area (Å²) in [5, 5.41) is 8.59. The molecular formula is C15H23N3O2. The van der Waals surface area contributed by atoms with E-state index in [1.54, 1.807) is 7.05 Å². The van der Waals surface area contributed by atoms with E-state index in [1.807, 2.05) is 38.1 Å². The van der Waals surface area contributed by atoms with Crippen LogP contribution in [0.15, 0.2) is 24.3 Å². The Morgan fingerprint density at radius 3 is 2.40 bits per heavy atom. The van der Waals surface area contributed by atoms with Crippen molar-refractivity contribution in [3.63, 3.8) is 0 Å². The minimum atomic E-state index is -0.0829. The molecule has 0 fully saturated rings. The number of rotatable bonds is 7. The maximum Gasteiger partial charge on any atom is 0.228 e. The fourth-order valence-electron chi connectivity index (χ4n) is 1.70. The molecular weight excluding hydrogens is 254 g/mol. The maximum atomic E-state index is 11.9. The normalized spacial score (nSPS) is 11.8. The van der Waals surface area contributed by atoms with Crippen molar-refractivity contribution in [1.29, 1.82) is 0 Å². The molecule has 0 aliphatic heterocycles. The standard InChI is InChI=1S/C15H23N3O2/c1-4-17-10-11(2)15(20)18-13-7-5-12(6-8-13)9-14(19)16-3/h5-8,11,17H,4,9-10H2,1-3H3,(H,16,19)(H,18,20). The number of likely N-dealkylation sites (N-methyl/N-ethyl adjacent to an activating group) is 1. The van der Waals surface area contributed by atoms with Crippen LogP contribution in [-0.2, 0) is 16.0 Å². The Hall–Kier alpha value is -1.88. The monoisotopic (exact) mass is 277 g/mol. The van der Waals surface area contributed by atoms with Crippen LogP contribution >= 0.6 is 0 Å². The van der Waals surface area contributed by atoms with Crippen molar-refractivity contribution >= 4 is 17.5 Å². The van der Waals surface area contributed by atoms with Crippen LogP contribution in [0.1, 0.15) is 19.4 Å². The van der Waals surface area contributed by atoms with Crippen LogP contribution in [0.3, 0.4) is 0 Å². The molecule has 0 saturated carbocycles. The lowest BCUT2D eigenvalue weighted by atomic mass is 10.1. The van der Waals surface area contributed by atoms with Crippen LogP contribution in [0, 0.1) is 5.92 Å². The van der Waals surface area contributed by atoms with E-state index in [4.69, 9.17) is 0 Å². The molecule has 5 heteroatoms. The van der Waals surface area contributed by atoms with Gasteiger partial charge >= 0.3 is 0 Å². The smallest absolute Gasteiger partial charge is 0.228 e. The fraction of sp³-hybridized carbons (Fsp3) is 0.467. The topological polar surface area (TPSA) is 70.2 Å². The number of carbonyl (C=O) groups is 2. The summed E-state index contributed by atoms with van der Waals surface area (Å²) in [6.07, 6.45) is 0.349. The summed E-state index contributed by atoms with van der Waals surface area (Å²) in [4.78, 5) is 23.2. The Labute approximate surface area is 120 Å². The van der Waals surface area contributed by atoms with Crippen molar-refractivity contribution in [3.8, 4) is 0 Å². The highest BCUT2D eigenvalue weighted by atomic mass is 16.2. The van der Waals surface area contributed by atoms with Gasteiger partial charge in [0.1, 0.15) is 0 Å². The zero-order chi connectivity index (χ0) is 15.0. The molecule has 1 aromatic carbocycles. The van der Waals surface area contributed by atoms with Crippen molar-refractivity contribution in [2.24, 2.45) is 5.92 Å². The predicted octanol–water partition coefficient (Wildman–Crippen LogP) is 1.16. The highest BCUT2D eigenvalue weighted by Crippen LogP contribution is 2.11. The molecule has 20 heavy (non-hydrogen) atoms. The van der Waals surface area contributed by atoms with Crippen molar-refractivity contribution in [3.05, 3.63) is 29.8 Å². The Kier molecular flexibility index (Phi) is 6.73. The van der Waals surface area contributed by atoms with Gasteiger partial charge in [-0.05, 0) is 24.2 Å². The molecule has 1 aromatic rings. The number of anilines is 1. The minimum absolute atomic E-state index is 0.00926. The average molecular weight is 277 g/mol. The zero-order valence-corrected chi connectivity index (χ0v) is 12.3. The lowest BCUT2D eigenvalue weighted by Crippen LogP contribution is -2.30. The van der Waals surface area contributed by atoms with Gasteiger partial charge in [0.25, 0.3) is 0 Å². The van der Waals surface area contributed by atoms with Gasteiger partial charge in [0.15, 0.2) is 0 Å². The van der Waals surface area contributed by atoms with Gasteiger partial charge in [0.05, 0.1) is 6.42 Å². The largest absolute Gasteiger partial charge is 0.359 e. The SMILES string of the molecule is CCNCC(C)C(=O)Nc1ccc(CC(=O)NC)cc1. The summed E-state index contributed by atoms with van der Waals surface area (Å²) in [5.74, 6) is -0.119. The first-order valence-electron chi connectivity index (χ1n) is 6.88. The third-order valence-corrected chi connectivity index (χ3v) is 3.01. The first-order valence-corrected chi connectivity index (χ1v) is 6.88. The zero-order valence-electron chi connectivity index (χ0n) is 12.3. The molecule has 1 atom stereocenters. The number of hydrogen-bond acceptors (Lipinski definition) is 3. The summed E-state index contributed by atoms with van der Waals surface area (Å²) >= 11 is 0. The third-order valence-electron chi connectivity index (χ3n) is 3.01. The van der Waals surface area contributed by atoms with E-state index in [2.05, 4.69) is 16.0 Å². The molecule has 3 N–H and O–H groups in total. The van der Waals surface area contributed by atoms with Gasteiger partial charge in [-0.2, -0.15) is 0 Å². The molecule has 1 unspecified atom stereocenters. The minimum Gasteiger partial charge on any atom is -0.359 e. The van der Waals surface area contributed by atoms with Crippen LogP contribution in [0.5, 0.6) is 0 Å². The molecule has 1 rings (SSSR count). The summed E-state index contributed by atoms with van der Waals surface area (Å²) < 4.78 is 0. The second kappa shape index (κ2) is 8.32. The second-order valence-corrected chi connectivity index (χ2v) is 4.74. The second-order valence-electron chi connectivity index (χ2n) is 4.74. The predicted molar refractivity (Wildman–Crippen MR) is 80.6 cm³/mol. The van der Waals surface area contributed by atoms with Crippen molar-refractivity contribution < 1.29 is 9.59 Å². The van der Waals surface area contributed by atoms with Gasteiger partial charge in [-0.1, -0.05) is 26.0 Å². The molecule has 0 spiro atoms. The highest BCUT2D eigenvalue weighted by Gasteiger charge is 2.12. The van der Waals surface area contributed by atoms with E-state index in [9.17, 15) is 9.59 Å². The first kappa shape index (κ1) is 16.2. The number of nitrogens with one attached hydrogen (secondary N) is 3. The van der Waals surface area contributed by atoms with E-state index in [0.29, 0.717) is 13.0 Å². The van der Waals surface area contributed by atoms with Crippen LogP contribution < -0.4 is 16.0 Å². The number of benzene rings is 1. The molecule has 2 amide bonds. The van der Waals surface area contributed by atoms with E-state index < -0.39 is 0 Å². The van der Waals surface area contributed by atoms with Crippen LogP contribution in [0.25, 0.3) is 0 Å². The van der Waals surface area contributed by atoms with E-state index in [0.717, 1.165) is 17.8 Å². The molecule has 110 valence electrons. The molecule has 0 saturated heterocycles. The van der Waals surface area contributed by atoms with Gasteiger partial charge < -0.3 is 16.0 Å². The van der Waals surface area contributed by atoms with E-state index in [1.165, 1.54) is 0 Å². The Morgan fingerprint density at radius 2 is 1.85 bits per heavy atom. The van der Waals surface area contributed by atoms with Gasteiger partial charge in [-0.25, -0.2) is 0 Å². The van der Waals surface area contributed by atoms with Crippen LogP contribution in [-0.4, -0.2) is 32.0 Å². The molecule has 0 heterocycles. The number of carbonyl (C=O) groups excluding carboxylic acids is 2. The van der Waals surface area contributed by atoms with Crippen molar-refractivity contribution in [1.82, 2.24) is 10.6 Å². The number of amides is 2. The lowest BCUT2D eigenvalue weighted by molar-refractivity contribution is -0.120. The third kappa shape index (κ3) is 5.40. The van der Waals surface area contributed by atoms with Gasteiger partial charge in [-0.15, -0.1) is 0 Å². The quantitative estimate of drug-likeness (QED) is 0.700. The fourth-order valence-corrected chi connectivity index (χ4v) is 1.70. The van der Waals surface area contributed by atoms with Gasteiger partial charge in [0.2, 0.25) is 11.8 Å². The van der Waals surface area contributed by atoms with E-state index in [-0.39, 0.29) is 17.7 Å². The molecule has 0 aromatic heterocycles. The Balaban J connectivity index is 2.52. The summed E-state index contributed by atoms with van der Waals surface area (Å²) in [7, 11) is 1.61. The maximum absolute atomic E-state index is 11.9. The summed E-state index contributed by atoms with van der Waals surface area (Å²) in [5.41, 5.74) is 1.67. The van der Waals surface area contributed by atoms with Gasteiger partial charge in [-0.3, -0.25) is 9.59 Å². The first-order chi connectivity index (χ1) is 9.56. The molecule has 0 aliphatic carbocycles. The van der Waals surface area contributed by atoms with Gasteiger partial charge in [0, 0.05) is 25.2 Å².